The number of carbonyl (C=O) groups excluding carboxylic acids is 5. The molecule has 0 saturated heterocycles. The average Bonchev–Trinajstić information content (AvgIpc) is 3.48. The van der Waals surface area contributed by atoms with Crippen molar-refractivity contribution in [1.29, 1.82) is 0 Å². The van der Waals surface area contributed by atoms with Gasteiger partial charge < -0.3 is 69.6 Å². The molecular weight excluding hydrogens is 1180 g/mol. The zero-order valence-electron chi connectivity index (χ0n) is 43.1. The van der Waals surface area contributed by atoms with Crippen LogP contribution in [0.4, 0.5) is 0 Å². The summed E-state index contributed by atoms with van der Waals surface area (Å²) in [4.78, 5) is 59.0. The number of ether oxygens (including phenoxy) is 5. The molecule has 20 heteroatoms. The van der Waals surface area contributed by atoms with E-state index >= 15 is 0 Å². The lowest BCUT2D eigenvalue weighted by Gasteiger charge is -2.08. The number of rotatable bonds is 13. The smallest absolute Gasteiger partial charge is 0.343 e. The third-order valence-electron chi connectivity index (χ3n) is 10.6. The zero-order valence-corrected chi connectivity index (χ0v) is 45.2. The largest absolute Gasteiger partial charge is 0.504 e. The topological polar surface area (TPSA) is 314 Å². The molecule has 0 aliphatic heterocycles. The van der Waals surface area contributed by atoms with Gasteiger partial charge in [0.25, 0.3) is 0 Å². The van der Waals surface area contributed by atoms with Gasteiger partial charge in [0.15, 0.2) is 57.5 Å². The SMILES string of the molecule is C=C(C)C(=O)Oc1ccc(C(=O)Oc2cccc(O)c2O)cc1.C=Cc1ccc(C(=O)Oc2cc(O)c(O)c(I)c2)cc1.C=Cc1ccc(C(=O)Oc2cc(O)c(O)cc2O)cc1.C=Cc1ccc(C(=O)Oc2cccc(O)c2O)cc1. The number of hydrogen-bond acceptors (Lipinski definition) is 19. The first-order valence-corrected chi connectivity index (χ1v) is 24.6. The first-order chi connectivity index (χ1) is 39.0. The first-order valence-electron chi connectivity index (χ1n) is 23.5. The van der Waals surface area contributed by atoms with Crippen molar-refractivity contribution in [2.45, 2.75) is 6.92 Å². The van der Waals surface area contributed by atoms with E-state index in [2.05, 4.69) is 26.3 Å². The molecule has 418 valence electrons. The molecule has 0 amide bonds. The van der Waals surface area contributed by atoms with Crippen molar-refractivity contribution in [3.63, 3.8) is 0 Å². The van der Waals surface area contributed by atoms with E-state index in [-0.39, 0.29) is 62.7 Å². The molecule has 8 aromatic rings. The third-order valence-corrected chi connectivity index (χ3v) is 11.5. The van der Waals surface area contributed by atoms with Gasteiger partial charge in [0.2, 0.25) is 11.5 Å². The number of benzene rings is 8. The van der Waals surface area contributed by atoms with Gasteiger partial charge in [-0.15, -0.1) is 0 Å². The van der Waals surface area contributed by atoms with Crippen LogP contribution in [0.2, 0.25) is 0 Å². The number of halogens is 1. The van der Waals surface area contributed by atoms with Gasteiger partial charge >= 0.3 is 29.8 Å². The summed E-state index contributed by atoms with van der Waals surface area (Å²) in [5.41, 5.74) is 4.09. The van der Waals surface area contributed by atoms with Gasteiger partial charge in [-0.3, -0.25) is 0 Å². The Kier molecular flexibility index (Phi) is 22.0. The van der Waals surface area contributed by atoms with E-state index < -0.39 is 64.3 Å². The molecule has 9 N–H and O–H groups in total. The van der Waals surface area contributed by atoms with Gasteiger partial charge in [-0.1, -0.05) is 93.1 Å². The molecule has 0 radical (unpaired) electrons. The van der Waals surface area contributed by atoms with Gasteiger partial charge in [0.1, 0.15) is 11.5 Å². The van der Waals surface area contributed by atoms with Crippen LogP contribution in [0.25, 0.3) is 18.2 Å². The Balaban J connectivity index is 0.000000201. The Morgan fingerprint density at radius 3 is 1.12 bits per heavy atom. The monoisotopic (exact) mass is 1220 g/mol. The highest BCUT2D eigenvalue weighted by molar-refractivity contribution is 14.1. The number of phenolic OH excluding ortho intramolecular Hbond substituents is 9. The standard InChI is InChI=1S/C17H14O6.C15H11IO4.C15H12O5.C15H12O4/c1-10(2)16(20)22-12-8-6-11(7-9-12)17(21)23-14-5-3-4-13(18)15(14)19;1-2-9-3-5-10(6-4-9)15(19)20-11-7-12(16)14(18)13(17)8-11;1-2-9-3-5-10(6-4-9)15(19)20-14-8-12(17)11(16)7-13(14)18;1-2-10-6-8-11(9-7-10)15(18)19-13-5-3-4-12(16)14(13)17/h3-9,18-19H,1H2,2H3;2-8,17-18H,1H2;2-8,16-18H,1H2;2-9,16-17H,1H2. The van der Waals surface area contributed by atoms with Crippen molar-refractivity contribution in [3.05, 3.63) is 232 Å². The molecule has 0 aliphatic carbocycles. The maximum absolute atomic E-state index is 12.0. The van der Waals surface area contributed by atoms with Crippen molar-refractivity contribution >= 4 is 70.7 Å². The van der Waals surface area contributed by atoms with Gasteiger partial charge in [-0.05, 0) is 137 Å². The molecule has 8 rings (SSSR count). The Morgan fingerprint density at radius 1 is 0.378 bits per heavy atom. The zero-order chi connectivity index (χ0) is 60.2. The molecule has 8 aromatic carbocycles. The number of carbonyl (C=O) groups is 5. The lowest BCUT2D eigenvalue weighted by molar-refractivity contribution is -0.130. The molecule has 82 heavy (non-hydrogen) atoms. The van der Waals surface area contributed by atoms with E-state index in [1.54, 1.807) is 91.0 Å². The molecule has 0 aromatic heterocycles. The van der Waals surface area contributed by atoms with Gasteiger partial charge in [-0.25, -0.2) is 24.0 Å². The summed E-state index contributed by atoms with van der Waals surface area (Å²) in [6, 6.07) is 38.3. The summed E-state index contributed by atoms with van der Waals surface area (Å²) in [7, 11) is 0. The minimum absolute atomic E-state index is 0.0854. The Morgan fingerprint density at radius 2 is 0.744 bits per heavy atom. The first kappa shape index (κ1) is 61.8. The molecule has 0 aliphatic rings. The molecule has 0 fully saturated rings. The average molecular weight is 1220 g/mol. The predicted molar refractivity (Wildman–Crippen MR) is 310 cm³/mol. The summed E-state index contributed by atoms with van der Waals surface area (Å²) >= 11 is 1.83. The van der Waals surface area contributed by atoms with Crippen LogP contribution in [-0.4, -0.2) is 75.8 Å². The number of aromatic hydroxyl groups is 9. The Bertz CT molecular complexity index is 3640. The number of esters is 5. The van der Waals surface area contributed by atoms with Crippen LogP contribution in [0.3, 0.4) is 0 Å². The Hall–Kier alpha value is -11.0. The van der Waals surface area contributed by atoms with E-state index in [0.717, 1.165) is 28.8 Å². The second-order valence-electron chi connectivity index (χ2n) is 16.6. The molecule has 0 spiro atoms. The fourth-order valence-electron chi connectivity index (χ4n) is 6.20. The molecule has 0 bridgehead atoms. The number of hydrogen-bond donors (Lipinski definition) is 9. The van der Waals surface area contributed by atoms with Crippen molar-refractivity contribution < 1.29 is 93.6 Å². The van der Waals surface area contributed by atoms with Gasteiger partial charge in [0.05, 0.1) is 25.8 Å². The number of para-hydroxylation sites is 2. The lowest BCUT2D eigenvalue weighted by Crippen LogP contribution is -2.10. The highest BCUT2D eigenvalue weighted by atomic mass is 127. The van der Waals surface area contributed by atoms with Crippen LogP contribution in [0.5, 0.6) is 80.5 Å². The van der Waals surface area contributed by atoms with E-state index in [1.807, 2.05) is 22.6 Å². The quantitative estimate of drug-likeness (QED) is 0.0129. The predicted octanol–water partition coefficient (Wildman–Crippen LogP) is 12.0. The van der Waals surface area contributed by atoms with Crippen molar-refractivity contribution in [1.82, 2.24) is 0 Å². The van der Waals surface area contributed by atoms with Crippen LogP contribution in [0.1, 0.15) is 65.0 Å². The lowest BCUT2D eigenvalue weighted by atomic mass is 10.1. The fourth-order valence-corrected chi connectivity index (χ4v) is 6.78. The minimum Gasteiger partial charge on any atom is -0.504 e. The van der Waals surface area contributed by atoms with E-state index in [1.165, 1.54) is 79.7 Å². The van der Waals surface area contributed by atoms with E-state index in [9.17, 15) is 69.9 Å². The molecule has 0 unspecified atom stereocenters. The minimum atomic E-state index is -0.733. The summed E-state index contributed by atoms with van der Waals surface area (Å²) < 4.78 is 25.5. The highest BCUT2D eigenvalue weighted by Gasteiger charge is 2.18. The second-order valence-corrected chi connectivity index (χ2v) is 17.7. The summed E-state index contributed by atoms with van der Waals surface area (Å²) in [5.74, 6) is -6.92. The van der Waals surface area contributed by atoms with Crippen LogP contribution in [-0.2, 0) is 4.79 Å². The maximum atomic E-state index is 12.0. The van der Waals surface area contributed by atoms with Crippen LogP contribution < -0.4 is 23.7 Å². The third kappa shape index (κ3) is 17.5. The van der Waals surface area contributed by atoms with Crippen LogP contribution in [0.15, 0.2) is 190 Å². The van der Waals surface area contributed by atoms with Crippen molar-refractivity contribution in [2.75, 3.05) is 0 Å². The van der Waals surface area contributed by atoms with Gasteiger partial charge in [0, 0.05) is 23.8 Å². The second kappa shape index (κ2) is 29.1. The Labute approximate surface area is 481 Å². The normalized spacial score (nSPS) is 9.98. The van der Waals surface area contributed by atoms with Gasteiger partial charge in [-0.2, -0.15) is 0 Å². The fraction of sp³-hybridized carbons (Fsp3) is 0.0161. The summed E-state index contributed by atoms with van der Waals surface area (Å²) in [5, 5.41) is 84.7. The molecule has 19 nitrogen and oxygen atoms in total. The maximum Gasteiger partial charge on any atom is 0.343 e. The molecular formula is C62H49IO19. The van der Waals surface area contributed by atoms with Crippen LogP contribution >= 0.6 is 22.6 Å². The summed E-state index contributed by atoms with van der Waals surface area (Å²) in [6.45, 7) is 15.8. The number of phenols is 9. The van der Waals surface area contributed by atoms with Crippen LogP contribution in [0, 0.1) is 3.57 Å². The molecule has 0 heterocycles. The van der Waals surface area contributed by atoms with E-state index in [0.29, 0.717) is 14.7 Å². The van der Waals surface area contributed by atoms with Crippen molar-refractivity contribution in [3.8, 4) is 80.5 Å². The van der Waals surface area contributed by atoms with Crippen molar-refractivity contribution in [2.24, 2.45) is 0 Å². The van der Waals surface area contributed by atoms with E-state index in [4.69, 9.17) is 23.7 Å². The summed E-state index contributed by atoms with van der Waals surface area (Å²) in [6.07, 6.45) is 4.98. The highest BCUT2D eigenvalue weighted by Crippen LogP contribution is 2.39. The molecule has 0 saturated carbocycles. The molecule has 0 atom stereocenters.